The monoisotopic (exact) mass is 388 g/mol. The number of hydrogen-bond acceptors (Lipinski definition) is 3. The summed E-state index contributed by atoms with van der Waals surface area (Å²) in [7, 11) is 3.53. The van der Waals surface area contributed by atoms with Crippen molar-refractivity contribution in [2.75, 3.05) is 27.2 Å². The molecule has 0 spiro atoms. The molecule has 6 heteroatoms. The van der Waals surface area contributed by atoms with Crippen LogP contribution in [0.2, 0.25) is 5.02 Å². The van der Waals surface area contributed by atoms with Crippen molar-refractivity contribution in [3.8, 4) is 0 Å². The highest BCUT2D eigenvalue weighted by Gasteiger charge is 2.30. The van der Waals surface area contributed by atoms with Crippen molar-refractivity contribution in [1.29, 1.82) is 0 Å². The van der Waals surface area contributed by atoms with Gasteiger partial charge in [-0.2, -0.15) is 0 Å². The van der Waals surface area contributed by atoms with Gasteiger partial charge in [-0.1, -0.05) is 35.9 Å². The minimum Gasteiger partial charge on any atom is -0.343 e. The van der Waals surface area contributed by atoms with E-state index in [-0.39, 0.29) is 17.1 Å². The Morgan fingerprint density at radius 2 is 1.81 bits per heavy atom. The zero-order chi connectivity index (χ0) is 18.7. The van der Waals surface area contributed by atoms with Crippen molar-refractivity contribution in [2.24, 2.45) is 0 Å². The molecular weight excluding hydrogens is 368 g/mol. The lowest BCUT2D eigenvalue weighted by Gasteiger charge is -2.24. The van der Waals surface area contributed by atoms with Gasteiger partial charge in [-0.15, -0.1) is 11.8 Å². The fraction of sp³-hybridized carbons (Fsp3) is 0.300. The normalized spacial score (nSPS) is 15.4. The van der Waals surface area contributed by atoms with Crippen LogP contribution in [0.3, 0.4) is 0 Å². The van der Waals surface area contributed by atoms with Crippen molar-refractivity contribution >= 4 is 35.2 Å². The summed E-state index contributed by atoms with van der Waals surface area (Å²) in [6, 6.07) is 15.0. The molecule has 1 aliphatic heterocycles. The van der Waals surface area contributed by atoms with Crippen LogP contribution in [-0.4, -0.2) is 54.0 Å². The number of rotatable bonds is 5. The average Bonchev–Trinajstić information content (AvgIpc) is 3.08. The van der Waals surface area contributed by atoms with Gasteiger partial charge in [0, 0.05) is 42.7 Å². The highest BCUT2D eigenvalue weighted by atomic mass is 35.5. The Hall–Kier alpha value is -1.98. The second-order valence-corrected chi connectivity index (χ2v) is 8.10. The van der Waals surface area contributed by atoms with Gasteiger partial charge in [0.25, 0.3) is 5.91 Å². The van der Waals surface area contributed by atoms with E-state index in [1.54, 1.807) is 59.9 Å². The van der Waals surface area contributed by atoms with Crippen molar-refractivity contribution in [3.05, 3.63) is 64.7 Å². The summed E-state index contributed by atoms with van der Waals surface area (Å²) in [5, 5.41) is 0.459. The Balaban J connectivity index is 1.53. The van der Waals surface area contributed by atoms with E-state index in [1.165, 1.54) is 10.5 Å². The number of carbonyl (C=O) groups excluding carboxylic acids is 2. The van der Waals surface area contributed by atoms with Crippen LogP contribution in [0.15, 0.2) is 53.4 Å². The predicted molar refractivity (Wildman–Crippen MR) is 106 cm³/mol. The fourth-order valence-electron chi connectivity index (χ4n) is 2.92. The van der Waals surface area contributed by atoms with E-state index in [9.17, 15) is 9.59 Å². The minimum absolute atomic E-state index is 0.0775. The molecule has 4 nitrogen and oxygen atoms in total. The molecule has 0 aliphatic carbocycles. The van der Waals surface area contributed by atoms with E-state index >= 15 is 0 Å². The number of carbonyl (C=O) groups is 2. The molecule has 3 rings (SSSR count). The fourth-order valence-corrected chi connectivity index (χ4v) is 4.42. The first-order valence-electron chi connectivity index (χ1n) is 8.46. The Morgan fingerprint density at radius 3 is 2.54 bits per heavy atom. The highest BCUT2D eigenvalue weighted by molar-refractivity contribution is 8.01. The molecule has 1 heterocycles. The van der Waals surface area contributed by atoms with Crippen LogP contribution in [0.25, 0.3) is 0 Å². The highest BCUT2D eigenvalue weighted by Crippen LogP contribution is 2.37. The van der Waals surface area contributed by atoms with Crippen LogP contribution < -0.4 is 0 Å². The molecule has 2 aromatic rings. The number of benzene rings is 2. The molecule has 0 saturated carbocycles. The molecule has 2 amide bonds. The first kappa shape index (κ1) is 18.8. The minimum atomic E-state index is -0.101. The van der Waals surface area contributed by atoms with Gasteiger partial charge in [0.1, 0.15) is 0 Å². The second-order valence-electron chi connectivity index (χ2n) is 6.42. The lowest BCUT2D eigenvalue weighted by Crippen LogP contribution is -2.40. The maximum Gasteiger partial charge on any atom is 0.253 e. The first-order chi connectivity index (χ1) is 12.5. The largest absolute Gasteiger partial charge is 0.343 e. The van der Waals surface area contributed by atoms with Gasteiger partial charge in [-0.25, -0.2) is 0 Å². The molecule has 0 radical (unpaired) electrons. The Kier molecular flexibility index (Phi) is 5.89. The number of amides is 2. The van der Waals surface area contributed by atoms with Gasteiger partial charge in [-0.3, -0.25) is 9.59 Å². The molecule has 0 bridgehead atoms. The zero-order valence-electron chi connectivity index (χ0n) is 14.8. The third kappa shape index (κ3) is 4.22. The quantitative estimate of drug-likeness (QED) is 0.785. The predicted octanol–water partition coefficient (Wildman–Crippen LogP) is 3.59. The molecule has 0 aromatic heterocycles. The van der Waals surface area contributed by atoms with E-state index in [0.29, 0.717) is 23.7 Å². The zero-order valence-corrected chi connectivity index (χ0v) is 16.4. The number of thioether (sulfide) groups is 1. The maximum atomic E-state index is 12.7. The summed E-state index contributed by atoms with van der Waals surface area (Å²) in [6.45, 7) is 0.965. The van der Waals surface area contributed by atoms with Crippen LogP contribution in [0.1, 0.15) is 15.9 Å². The molecule has 136 valence electrons. The average molecular weight is 389 g/mol. The van der Waals surface area contributed by atoms with Gasteiger partial charge in [0.2, 0.25) is 5.91 Å². The summed E-state index contributed by atoms with van der Waals surface area (Å²) in [6.07, 6.45) is 0.765. The van der Waals surface area contributed by atoms with Gasteiger partial charge >= 0.3 is 0 Å². The van der Waals surface area contributed by atoms with Crippen LogP contribution in [0, 0.1) is 0 Å². The smallest absolute Gasteiger partial charge is 0.253 e. The van der Waals surface area contributed by atoms with E-state index in [1.807, 2.05) is 12.1 Å². The summed E-state index contributed by atoms with van der Waals surface area (Å²) in [5.74, 6) is 0.00537. The molecule has 1 atom stereocenters. The molecule has 1 aliphatic rings. The Morgan fingerprint density at radius 1 is 1.08 bits per heavy atom. The van der Waals surface area contributed by atoms with Crippen LogP contribution >= 0.6 is 23.4 Å². The van der Waals surface area contributed by atoms with E-state index in [4.69, 9.17) is 11.6 Å². The molecule has 0 fully saturated rings. The third-order valence-corrected chi connectivity index (χ3v) is 6.03. The van der Waals surface area contributed by atoms with Gasteiger partial charge in [-0.05, 0) is 36.2 Å². The molecule has 1 unspecified atom stereocenters. The van der Waals surface area contributed by atoms with Crippen LogP contribution in [-0.2, 0) is 11.2 Å². The summed E-state index contributed by atoms with van der Waals surface area (Å²) >= 11 is 7.57. The van der Waals surface area contributed by atoms with Crippen molar-refractivity contribution in [3.63, 3.8) is 0 Å². The maximum absolute atomic E-state index is 12.7. The summed E-state index contributed by atoms with van der Waals surface area (Å²) in [4.78, 5) is 29.7. The Labute approximate surface area is 163 Å². The molecule has 26 heavy (non-hydrogen) atoms. The van der Waals surface area contributed by atoms with E-state index in [2.05, 4.69) is 12.1 Å². The standard InChI is InChI=1S/C20H21ClN2O2S/c1-22(19(24)15-7-5-8-16(21)12-15)10-11-23(2)20(25)18-13-14-6-3-4-9-17(14)26-18/h3-9,12,18H,10-11,13H2,1-2H3. The topological polar surface area (TPSA) is 40.6 Å². The lowest BCUT2D eigenvalue weighted by atomic mass is 10.1. The Bertz CT molecular complexity index is 802. The van der Waals surface area contributed by atoms with Crippen LogP contribution in [0.5, 0.6) is 0 Å². The van der Waals surface area contributed by atoms with Gasteiger partial charge in [0.05, 0.1) is 5.25 Å². The number of halogens is 1. The summed E-state index contributed by atoms with van der Waals surface area (Å²) in [5.41, 5.74) is 1.79. The van der Waals surface area contributed by atoms with Gasteiger partial charge < -0.3 is 9.80 Å². The van der Waals surface area contributed by atoms with Gasteiger partial charge in [0.15, 0.2) is 0 Å². The molecule has 0 N–H and O–H groups in total. The molecule has 0 saturated heterocycles. The third-order valence-electron chi connectivity index (χ3n) is 4.49. The lowest BCUT2D eigenvalue weighted by molar-refractivity contribution is -0.129. The number of hydrogen-bond donors (Lipinski definition) is 0. The second kappa shape index (κ2) is 8.14. The van der Waals surface area contributed by atoms with Crippen molar-refractivity contribution in [2.45, 2.75) is 16.6 Å². The summed E-state index contributed by atoms with van der Waals surface area (Å²) < 4.78 is 0. The SMILES string of the molecule is CN(CCN(C)C(=O)C1Cc2ccccc2S1)C(=O)c1cccc(Cl)c1. The first-order valence-corrected chi connectivity index (χ1v) is 9.72. The van der Waals surface area contributed by atoms with Crippen molar-refractivity contribution < 1.29 is 9.59 Å². The van der Waals surface area contributed by atoms with E-state index in [0.717, 1.165) is 6.42 Å². The van der Waals surface area contributed by atoms with Crippen LogP contribution in [0.4, 0.5) is 0 Å². The number of likely N-dealkylation sites (N-methyl/N-ethyl adjacent to an activating group) is 2. The molecule has 2 aromatic carbocycles. The van der Waals surface area contributed by atoms with Crippen molar-refractivity contribution in [1.82, 2.24) is 9.80 Å². The molecular formula is C20H21ClN2O2S. The number of nitrogens with zero attached hydrogens (tertiary/aromatic N) is 2. The van der Waals surface area contributed by atoms with E-state index < -0.39 is 0 Å². The number of fused-ring (bicyclic) bond motifs is 1.